The molecule has 0 radical (unpaired) electrons. The molecular formula is C20H29N5O4S2. The molecule has 3 aliphatic rings. The Hall–Kier alpha value is -1.98. The number of thioether (sulfide) groups is 1. The highest BCUT2D eigenvalue weighted by Gasteiger charge is 2.42. The summed E-state index contributed by atoms with van der Waals surface area (Å²) >= 11 is 1.91. The van der Waals surface area contributed by atoms with Gasteiger partial charge in [0.15, 0.2) is 0 Å². The number of urea groups is 1. The molecule has 9 nitrogen and oxygen atoms in total. The van der Waals surface area contributed by atoms with Crippen molar-refractivity contribution in [1.29, 1.82) is 0 Å². The molecule has 0 aliphatic carbocycles. The van der Waals surface area contributed by atoms with Crippen LogP contribution in [0.15, 0.2) is 29.2 Å². The van der Waals surface area contributed by atoms with Crippen molar-refractivity contribution in [3.8, 4) is 0 Å². The minimum absolute atomic E-state index is 0.0602. The van der Waals surface area contributed by atoms with Crippen molar-refractivity contribution in [2.75, 3.05) is 36.8 Å². The number of nitrogens with two attached hydrogens (primary N) is 1. The number of nitrogens with one attached hydrogen (secondary N) is 2. The minimum atomic E-state index is -3.69. The van der Waals surface area contributed by atoms with Gasteiger partial charge in [-0.1, -0.05) is 6.42 Å². The van der Waals surface area contributed by atoms with Crippen molar-refractivity contribution in [1.82, 2.24) is 15.5 Å². The molecule has 0 spiro atoms. The van der Waals surface area contributed by atoms with Crippen LogP contribution in [0.1, 0.15) is 25.7 Å². The molecule has 0 bridgehead atoms. The fraction of sp³-hybridized carbons (Fsp3) is 0.600. The van der Waals surface area contributed by atoms with E-state index in [0.29, 0.717) is 24.8 Å². The third kappa shape index (κ3) is 5.27. The molecule has 3 atom stereocenters. The van der Waals surface area contributed by atoms with Gasteiger partial charge in [-0.15, -0.1) is 0 Å². The van der Waals surface area contributed by atoms with Crippen molar-refractivity contribution in [2.24, 2.45) is 5.14 Å². The van der Waals surface area contributed by atoms with E-state index in [1.54, 1.807) is 12.1 Å². The zero-order valence-electron chi connectivity index (χ0n) is 17.3. The number of fused-ring (bicyclic) bond motifs is 1. The topological polar surface area (TPSA) is 125 Å². The largest absolute Gasteiger partial charge is 0.368 e. The van der Waals surface area contributed by atoms with Gasteiger partial charge in [0, 0.05) is 49.3 Å². The normalized spacial score (nSPS) is 25.8. The molecule has 3 saturated heterocycles. The van der Waals surface area contributed by atoms with Gasteiger partial charge < -0.3 is 20.4 Å². The van der Waals surface area contributed by atoms with Crippen molar-refractivity contribution < 1.29 is 18.0 Å². The number of amides is 3. The Labute approximate surface area is 187 Å². The lowest BCUT2D eigenvalue weighted by molar-refractivity contribution is -0.131. The minimum Gasteiger partial charge on any atom is -0.368 e. The van der Waals surface area contributed by atoms with Gasteiger partial charge in [0.05, 0.1) is 17.0 Å². The zero-order chi connectivity index (χ0) is 22.0. The maximum Gasteiger partial charge on any atom is 0.315 e. The molecule has 31 heavy (non-hydrogen) atoms. The number of carbonyl (C=O) groups excluding carboxylic acids is 2. The number of benzene rings is 1. The quantitative estimate of drug-likeness (QED) is 0.401. The number of anilines is 1. The summed E-state index contributed by atoms with van der Waals surface area (Å²) < 4.78 is 22.8. The Morgan fingerprint density at radius 2 is 1.81 bits per heavy atom. The lowest BCUT2D eigenvalue weighted by Crippen LogP contribution is -2.48. The summed E-state index contributed by atoms with van der Waals surface area (Å²) in [5.41, 5.74) is 0.931. The van der Waals surface area contributed by atoms with Gasteiger partial charge in [0.25, 0.3) is 0 Å². The summed E-state index contributed by atoms with van der Waals surface area (Å²) in [6.45, 7) is 2.76. The van der Waals surface area contributed by atoms with Crippen LogP contribution in [-0.4, -0.2) is 74.5 Å². The second-order valence-electron chi connectivity index (χ2n) is 8.27. The summed E-state index contributed by atoms with van der Waals surface area (Å²) in [4.78, 5) is 28.2. The molecule has 3 fully saturated rings. The van der Waals surface area contributed by atoms with Crippen LogP contribution in [0, 0.1) is 0 Å². The second kappa shape index (κ2) is 9.25. The summed E-state index contributed by atoms with van der Waals surface area (Å²) in [5.74, 6) is 1.15. The Bertz CT molecular complexity index is 916. The van der Waals surface area contributed by atoms with Crippen LogP contribution in [-0.2, 0) is 14.8 Å². The second-order valence-corrected chi connectivity index (χ2v) is 11.1. The van der Waals surface area contributed by atoms with Gasteiger partial charge in [-0.05, 0) is 37.1 Å². The van der Waals surface area contributed by atoms with Crippen LogP contribution < -0.4 is 20.7 Å². The van der Waals surface area contributed by atoms with Crippen molar-refractivity contribution in [3.63, 3.8) is 0 Å². The lowest BCUT2D eigenvalue weighted by Gasteiger charge is -2.36. The molecule has 170 valence electrons. The first-order valence-corrected chi connectivity index (χ1v) is 13.2. The van der Waals surface area contributed by atoms with Crippen molar-refractivity contribution in [2.45, 2.75) is 47.9 Å². The van der Waals surface area contributed by atoms with E-state index in [1.807, 2.05) is 16.7 Å². The fourth-order valence-electron chi connectivity index (χ4n) is 4.48. The third-order valence-corrected chi connectivity index (χ3v) is 8.67. The maximum atomic E-state index is 12.6. The number of rotatable bonds is 7. The SMILES string of the molecule is NS(=O)(=O)c1ccc(N2CCN(C(=O)CCCC[C@@H]3SC[C@@H]4NC(=O)N[C@@H]43)CC2)cc1. The number of carbonyl (C=O) groups is 2. The number of nitrogens with zero attached hydrogens (tertiary/aromatic N) is 2. The number of hydrogen-bond donors (Lipinski definition) is 3. The van der Waals surface area contributed by atoms with Crippen LogP contribution in [0.5, 0.6) is 0 Å². The van der Waals surface area contributed by atoms with Gasteiger partial charge in [-0.2, -0.15) is 11.8 Å². The molecule has 3 heterocycles. The van der Waals surface area contributed by atoms with E-state index in [0.717, 1.165) is 43.8 Å². The summed E-state index contributed by atoms with van der Waals surface area (Å²) in [5, 5.41) is 11.5. The predicted octanol–water partition coefficient (Wildman–Crippen LogP) is 0.708. The van der Waals surface area contributed by atoms with E-state index in [-0.39, 0.29) is 28.9 Å². The Balaban J connectivity index is 1.16. The van der Waals surface area contributed by atoms with Crippen LogP contribution in [0.3, 0.4) is 0 Å². The van der Waals surface area contributed by atoms with Crippen LogP contribution in [0.2, 0.25) is 0 Å². The fourth-order valence-corrected chi connectivity index (χ4v) is 6.54. The third-order valence-electron chi connectivity index (χ3n) is 6.23. The van der Waals surface area contributed by atoms with E-state index in [9.17, 15) is 18.0 Å². The summed E-state index contributed by atoms with van der Waals surface area (Å²) in [7, 11) is -3.69. The molecule has 1 aromatic carbocycles. The molecule has 4 rings (SSSR count). The Kier molecular flexibility index (Phi) is 6.63. The molecule has 0 unspecified atom stereocenters. The highest BCUT2D eigenvalue weighted by Crippen LogP contribution is 2.33. The standard InChI is InChI=1S/C20H29N5O4S2/c21-31(28,29)15-7-5-14(6-8-15)24-9-11-25(12-10-24)18(26)4-2-1-3-17-19-16(13-30-17)22-20(27)23-19/h5-8,16-17,19H,1-4,9-13H2,(H2,21,28,29)(H2,22,23,27)/t16-,17-,19-/m0/s1. The number of piperazine rings is 1. The van der Waals surface area contributed by atoms with Crippen molar-refractivity contribution >= 4 is 39.4 Å². The average molecular weight is 468 g/mol. The number of sulfonamides is 1. The predicted molar refractivity (Wildman–Crippen MR) is 121 cm³/mol. The van der Waals surface area contributed by atoms with Gasteiger partial charge in [0.1, 0.15) is 0 Å². The van der Waals surface area contributed by atoms with E-state index < -0.39 is 10.0 Å². The molecule has 0 saturated carbocycles. The smallest absolute Gasteiger partial charge is 0.315 e. The molecule has 11 heteroatoms. The van der Waals surface area contributed by atoms with Gasteiger partial charge in [-0.25, -0.2) is 18.4 Å². The highest BCUT2D eigenvalue weighted by molar-refractivity contribution is 8.00. The van der Waals surface area contributed by atoms with Crippen LogP contribution in [0.25, 0.3) is 0 Å². The number of unbranched alkanes of at least 4 members (excludes halogenated alkanes) is 1. The first-order valence-electron chi connectivity index (χ1n) is 10.7. The van der Waals surface area contributed by atoms with Crippen molar-refractivity contribution in [3.05, 3.63) is 24.3 Å². The zero-order valence-corrected chi connectivity index (χ0v) is 19.0. The Morgan fingerprint density at radius 3 is 2.48 bits per heavy atom. The lowest BCUT2D eigenvalue weighted by atomic mass is 10.0. The van der Waals surface area contributed by atoms with Gasteiger partial charge in [-0.3, -0.25) is 4.79 Å². The molecule has 4 N–H and O–H groups in total. The van der Waals surface area contributed by atoms with E-state index >= 15 is 0 Å². The maximum absolute atomic E-state index is 12.6. The summed E-state index contributed by atoms with van der Waals surface area (Å²) in [6, 6.07) is 6.95. The van der Waals surface area contributed by atoms with Gasteiger partial charge >= 0.3 is 6.03 Å². The summed E-state index contributed by atoms with van der Waals surface area (Å²) in [6.07, 6.45) is 3.42. The van der Waals surface area contributed by atoms with Gasteiger partial charge in [0.2, 0.25) is 15.9 Å². The molecule has 3 aliphatic heterocycles. The molecule has 1 aromatic rings. The first kappa shape index (κ1) is 22.2. The molecule has 3 amide bonds. The molecule has 0 aromatic heterocycles. The average Bonchev–Trinajstić information content (AvgIpc) is 3.30. The van der Waals surface area contributed by atoms with E-state index in [2.05, 4.69) is 15.5 Å². The first-order chi connectivity index (χ1) is 14.8. The van der Waals surface area contributed by atoms with E-state index in [1.165, 1.54) is 12.1 Å². The highest BCUT2D eigenvalue weighted by atomic mass is 32.2. The molecular weight excluding hydrogens is 438 g/mol. The Morgan fingerprint density at radius 1 is 1.10 bits per heavy atom. The van der Waals surface area contributed by atoms with Crippen LogP contribution >= 0.6 is 11.8 Å². The van der Waals surface area contributed by atoms with Crippen LogP contribution in [0.4, 0.5) is 10.5 Å². The number of primary sulfonamides is 1. The van der Waals surface area contributed by atoms with E-state index in [4.69, 9.17) is 5.14 Å². The monoisotopic (exact) mass is 467 g/mol. The number of hydrogen-bond acceptors (Lipinski definition) is 6.